The predicted molar refractivity (Wildman–Crippen MR) is 71.1 cm³/mol. The second-order valence-corrected chi connectivity index (χ2v) is 6.40. The van der Waals surface area contributed by atoms with E-state index in [1.807, 2.05) is 0 Å². The Morgan fingerprint density at radius 2 is 1.47 bits per heavy atom. The van der Waals surface area contributed by atoms with Crippen LogP contribution in [0.3, 0.4) is 0 Å². The van der Waals surface area contributed by atoms with Gasteiger partial charge in [-0.2, -0.15) is 0 Å². The van der Waals surface area contributed by atoms with E-state index >= 15 is 0 Å². The highest BCUT2D eigenvalue weighted by Gasteiger charge is 2.31. The molecule has 0 aromatic carbocycles. The molecule has 0 aromatic rings. The lowest BCUT2D eigenvalue weighted by Crippen LogP contribution is -2.30. The van der Waals surface area contributed by atoms with Crippen molar-refractivity contribution in [2.24, 2.45) is 23.2 Å². The van der Waals surface area contributed by atoms with E-state index in [1.165, 1.54) is 25.7 Å². The van der Waals surface area contributed by atoms with E-state index in [2.05, 4.69) is 48.5 Å². The average molecular weight is 212 g/mol. The molecule has 0 spiro atoms. The Kier molecular flexibility index (Phi) is 6.55. The lowest BCUT2D eigenvalue weighted by molar-refractivity contribution is 0.112. The Labute approximate surface area is 97.8 Å². The van der Waals surface area contributed by atoms with Gasteiger partial charge in [0.2, 0.25) is 0 Å². The smallest absolute Gasteiger partial charge is 0.0303 e. The molecule has 0 heterocycles. The van der Waals surface area contributed by atoms with Gasteiger partial charge in [-0.25, -0.2) is 0 Å². The fraction of sp³-hybridized carbons (Fsp3) is 1.00. The third-order valence-corrected chi connectivity index (χ3v) is 4.36. The van der Waals surface area contributed by atoms with Gasteiger partial charge in [-0.15, -0.1) is 0 Å². The molecule has 0 aliphatic carbocycles. The van der Waals surface area contributed by atoms with Gasteiger partial charge < -0.3 is 0 Å². The zero-order chi connectivity index (χ0) is 12.1. The lowest BCUT2D eigenvalue weighted by atomic mass is 9.67. The molecule has 0 rings (SSSR count). The molecule has 0 aliphatic heterocycles. The SMILES string of the molecule is CCCCC(C)C(C)(C)C(C)CC(C)C. The van der Waals surface area contributed by atoms with Crippen LogP contribution in [0, 0.1) is 23.2 Å². The van der Waals surface area contributed by atoms with Gasteiger partial charge in [0.15, 0.2) is 0 Å². The summed E-state index contributed by atoms with van der Waals surface area (Å²) in [6.45, 7) is 16.7. The van der Waals surface area contributed by atoms with Crippen molar-refractivity contribution in [1.82, 2.24) is 0 Å². The lowest BCUT2D eigenvalue weighted by Gasteiger charge is -2.39. The molecule has 0 N–H and O–H groups in total. The Bertz CT molecular complexity index is 155. The van der Waals surface area contributed by atoms with E-state index in [0.717, 1.165) is 17.8 Å². The van der Waals surface area contributed by atoms with Crippen molar-refractivity contribution in [3.63, 3.8) is 0 Å². The van der Waals surface area contributed by atoms with E-state index in [9.17, 15) is 0 Å². The highest BCUT2D eigenvalue weighted by molar-refractivity contribution is 4.81. The number of hydrogen-bond donors (Lipinski definition) is 0. The van der Waals surface area contributed by atoms with Crippen molar-refractivity contribution in [2.75, 3.05) is 0 Å². The van der Waals surface area contributed by atoms with Crippen LogP contribution < -0.4 is 0 Å². The summed E-state index contributed by atoms with van der Waals surface area (Å²) >= 11 is 0. The van der Waals surface area contributed by atoms with Crippen molar-refractivity contribution in [1.29, 1.82) is 0 Å². The van der Waals surface area contributed by atoms with Crippen LogP contribution in [0.2, 0.25) is 0 Å². The van der Waals surface area contributed by atoms with Crippen LogP contribution in [0.5, 0.6) is 0 Å². The molecule has 0 aromatic heterocycles. The van der Waals surface area contributed by atoms with E-state index < -0.39 is 0 Å². The van der Waals surface area contributed by atoms with Crippen LogP contribution in [0.4, 0.5) is 0 Å². The third-order valence-electron chi connectivity index (χ3n) is 4.36. The summed E-state index contributed by atoms with van der Waals surface area (Å²) in [7, 11) is 0. The Morgan fingerprint density at radius 1 is 0.933 bits per heavy atom. The van der Waals surface area contributed by atoms with Crippen molar-refractivity contribution in [2.45, 2.75) is 74.1 Å². The minimum Gasteiger partial charge on any atom is -0.0654 e. The van der Waals surface area contributed by atoms with Crippen LogP contribution in [0.25, 0.3) is 0 Å². The number of hydrogen-bond acceptors (Lipinski definition) is 0. The second kappa shape index (κ2) is 6.55. The van der Waals surface area contributed by atoms with Crippen LogP contribution >= 0.6 is 0 Å². The summed E-state index contributed by atoms with van der Waals surface area (Å²) in [6, 6.07) is 0. The second-order valence-electron chi connectivity index (χ2n) is 6.40. The maximum absolute atomic E-state index is 2.46. The molecular formula is C15H32. The molecule has 15 heavy (non-hydrogen) atoms. The van der Waals surface area contributed by atoms with Gasteiger partial charge in [0.1, 0.15) is 0 Å². The summed E-state index contributed by atoms with van der Waals surface area (Å²) in [5.74, 6) is 2.52. The van der Waals surface area contributed by atoms with Crippen molar-refractivity contribution >= 4 is 0 Å². The predicted octanol–water partition coefficient (Wildman–Crippen LogP) is 5.52. The fourth-order valence-corrected chi connectivity index (χ4v) is 2.38. The van der Waals surface area contributed by atoms with Crippen molar-refractivity contribution in [3.8, 4) is 0 Å². The molecule has 0 saturated heterocycles. The maximum Gasteiger partial charge on any atom is -0.0303 e. The highest BCUT2D eigenvalue weighted by atomic mass is 14.4. The zero-order valence-corrected chi connectivity index (χ0v) is 12.1. The summed E-state index contributed by atoms with van der Waals surface area (Å²) in [4.78, 5) is 0. The quantitative estimate of drug-likeness (QED) is 0.521. The molecule has 0 bridgehead atoms. The van der Waals surface area contributed by atoms with Gasteiger partial charge in [0, 0.05) is 0 Å². The molecule has 0 heteroatoms. The Balaban J connectivity index is 4.23. The first-order valence-corrected chi connectivity index (χ1v) is 6.82. The normalized spacial score (nSPS) is 16.8. The van der Waals surface area contributed by atoms with Gasteiger partial charge in [-0.3, -0.25) is 0 Å². The first-order chi connectivity index (χ1) is 6.82. The number of unbranched alkanes of at least 4 members (excludes halogenated alkanes) is 1. The van der Waals surface area contributed by atoms with Crippen LogP contribution in [0.1, 0.15) is 74.1 Å². The summed E-state index contributed by atoms with van der Waals surface area (Å²) < 4.78 is 0. The molecule has 92 valence electrons. The van der Waals surface area contributed by atoms with Crippen molar-refractivity contribution < 1.29 is 0 Å². The minimum atomic E-state index is 0.499. The van der Waals surface area contributed by atoms with Crippen LogP contribution in [-0.2, 0) is 0 Å². The Morgan fingerprint density at radius 3 is 1.87 bits per heavy atom. The third kappa shape index (κ3) is 5.04. The van der Waals surface area contributed by atoms with Gasteiger partial charge >= 0.3 is 0 Å². The van der Waals surface area contributed by atoms with Gasteiger partial charge in [0.25, 0.3) is 0 Å². The molecular weight excluding hydrogens is 180 g/mol. The summed E-state index contributed by atoms with van der Waals surface area (Å²) in [5, 5.41) is 0. The van der Waals surface area contributed by atoms with Gasteiger partial charge in [0.05, 0.1) is 0 Å². The topological polar surface area (TPSA) is 0 Å². The minimum absolute atomic E-state index is 0.499. The molecule has 2 atom stereocenters. The van der Waals surface area contributed by atoms with E-state index in [1.54, 1.807) is 0 Å². The molecule has 0 saturated carbocycles. The fourth-order valence-electron chi connectivity index (χ4n) is 2.38. The first-order valence-electron chi connectivity index (χ1n) is 6.82. The molecule has 0 nitrogen and oxygen atoms in total. The van der Waals surface area contributed by atoms with E-state index in [4.69, 9.17) is 0 Å². The average Bonchev–Trinajstić information content (AvgIpc) is 2.12. The maximum atomic E-state index is 2.46. The van der Waals surface area contributed by atoms with Gasteiger partial charge in [-0.05, 0) is 29.6 Å². The van der Waals surface area contributed by atoms with Crippen LogP contribution in [-0.4, -0.2) is 0 Å². The largest absolute Gasteiger partial charge is 0.0654 e. The number of rotatable bonds is 7. The zero-order valence-electron chi connectivity index (χ0n) is 12.1. The van der Waals surface area contributed by atoms with Crippen molar-refractivity contribution in [3.05, 3.63) is 0 Å². The highest BCUT2D eigenvalue weighted by Crippen LogP contribution is 2.40. The molecule has 0 amide bonds. The summed E-state index contributed by atoms with van der Waals surface area (Å²) in [5.41, 5.74) is 0.499. The molecule has 2 unspecified atom stereocenters. The molecule has 0 aliphatic rings. The van der Waals surface area contributed by atoms with E-state index in [0.29, 0.717) is 5.41 Å². The molecule has 0 fully saturated rings. The summed E-state index contributed by atoms with van der Waals surface area (Å²) in [6.07, 6.45) is 5.48. The van der Waals surface area contributed by atoms with E-state index in [-0.39, 0.29) is 0 Å². The Hall–Kier alpha value is 0. The standard InChI is InChI=1S/C15H32/c1-8-9-10-13(4)15(6,7)14(5)11-12(2)3/h12-14H,8-11H2,1-7H3. The van der Waals surface area contributed by atoms with Gasteiger partial charge in [-0.1, -0.05) is 67.7 Å². The monoisotopic (exact) mass is 212 g/mol. The first kappa shape index (κ1) is 15.0. The van der Waals surface area contributed by atoms with Crippen LogP contribution in [0.15, 0.2) is 0 Å². The molecule has 0 radical (unpaired) electrons.